The highest BCUT2D eigenvalue weighted by atomic mass is 16.5. The summed E-state index contributed by atoms with van der Waals surface area (Å²) in [6.07, 6.45) is 1.89. The lowest BCUT2D eigenvalue weighted by Crippen LogP contribution is -2.34. The van der Waals surface area contributed by atoms with Gasteiger partial charge in [0.1, 0.15) is 0 Å². The van der Waals surface area contributed by atoms with E-state index in [1.54, 1.807) is 0 Å². The molecule has 5 heteroatoms. The minimum absolute atomic E-state index is 0.0212. The van der Waals surface area contributed by atoms with Gasteiger partial charge in [-0.3, -0.25) is 0 Å². The smallest absolute Gasteiger partial charge is 0.322 e. The first-order valence-electron chi connectivity index (χ1n) is 7.62. The number of nitrogens with zero attached hydrogens (tertiary/aromatic N) is 2. The highest BCUT2D eigenvalue weighted by Gasteiger charge is 2.32. The molecule has 116 valence electrons. The van der Waals surface area contributed by atoms with Crippen molar-refractivity contribution in [1.82, 2.24) is 10.1 Å². The number of anilines is 1. The lowest BCUT2D eigenvalue weighted by molar-refractivity contribution is 0.195. The number of likely N-dealkylation sites (tertiary alicyclic amines) is 1. The normalized spacial score (nSPS) is 17.8. The van der Waals surface area contributed by atoms with Gasteiger partial charge in [0.2, 0.25) is 0 Å². The first kappa shape index (κ1) is 14.6. The molecule has 5 nitrogen and oxygen atoms in total. The maximum absolute atomic E-state index is 12.6. The molecule has 0 bridgehead atoms. The van der Waals surface area contributed by atoms with Crippen LogP contribution in [0.15, 0.2) is 28.8 Å². The Labute approximate surface area is 130 Å². The summed E-state index contributed by atoms with van der Waals surface area (Å²) in [7, 11) is 0. The lowest BCUT2D eigenvalue weighted by Gasteiger charge is -2.23. The van der Waals surface area contributed by atoms with Crippen molar-refractivity contribution < 1.29 is 9.32 Å². The van der Waals surface area contributed by atoms with Crippen LogP contribution in [-0.2, 0) is 0 Å². The van der Waals surface area contributed by atoms with Gasteiger partial charge in [0.25, 0.3) is 0 Å². The predicted octanol–water partition coefficient (Wildman–Crippen LogP) is 3.97. The van der Waals surface area contributed by atoms with Gasteiger partial charge in [0.15, 0.2) is 5.76 Å². The second kappa shape index (κ2) is 5.83. The van der Waals surface area contributed by atoms with Crippen LogP contribution in [0.25, 0.3) is 0 Å². The number of aryl methyl sites for hydroxylation is 3. The van der Waals surface area contributed by atoms with Crippen molar-refractivity contribution in [1.29, 1.82) is 0 Å². The maximum Gasteiger partial charge on any atom is 0.322 e. The maximum atomic E-state index is 12.6. The molecule has 1 aromatic carbocycles. The fourth-order valence-electron chi connectivity index (χ4n) is 3.09. The van der Waals surface area contributed by atoms with Gasteiger partial charge in [-0.15, -0.1) is 0 Å². The number of benzene rings is 1. The molecule has 1 atom stereocenters. The van der Waals surface area contributed by atoms with Gasteiger partial charge in [0, 0.05) is 18.3 Å². The third kappa shape index (κ3) is 2.98. The van der Waals surface area contributed by atoms with E-state index >= 15 is 0 Å². The zero-order valence-corrected chi connectivity index (χ0v) is 13.2. The molecule has 1 aliphatic rings. The summed E-state index contributed by atoms with van der Waals surface area (Å²) < 4.78 is 5.35. The molecule has 1 aliphatic heterocycles. The van der Waals surface area contributed by atoms with Crippen LogP contribution in [-0.4, -0.2) is 22.6 Å². The van der Waals surface area contributed by atoms with E-state index in [-0.39, 0.29) is 12.1 Å². The number of hydrogen-bond acceptors (Lipinski definition) is 3. The number of nitrogens with one attached hydrogen (secondary N) is 1. The number of rotatable bonds is 2. The third-order valence-electron chi connectivity index (χ3n) is 3.96. The molecule has 2 heterocycles. The number of aromatic nitrogens is 1. The third-order valence-corrected chi connectivity index (χ3v) is 3.96. The second-order valence-corrected chi connectivity index (χ2v) is 6.03. The molecule has 0 aliphatic carbocycles. The van der Waals surface area contributed by atoms with Crippen molar-refractivity contribution in [2.45, 2.75) is 39.7 Å². The molecule has 1 N–H and O–H groups in total. The van der Waals surface area contributed by atoms with E-state index in [4.69, 9.17) is 4.52 Å². The van der Waals surface area contributed by atoms with Crippen LogP contribution in [0.2, 0.25) is 0 Å². The summed E-state index contributed by atoms with van der Waals surface area (Å²) in [6, 6.07) is 7.86. The molecule has 0 spiro atoms. The van der Waals surface area contributed by atoms with Crippen LogP contribution in [0.4, 0.5) is 10.5 Å². The number of hydrogen-bond donors (Lipinski definition) is 1. The van der Waals surface area contributed by atoms with Gasteiger partial charge < -0.3 is 14.7 Å². The number of amides is 2. The molecule has 2 amide bonds. The van der Waals surface area contributed by atoms with Crippen molar-refractivity contribution in [3.63, 3.8) is 0 Å². The van der Waals surface area contributed by atoms with E-state index in [1.807, 2.05) is 43.9 Å². The standard InChI is InChI=1S/C17H21N3O2/c1-11-7-12(2)9-14(8-11)18-17(21)20-6-4-5-15(20)16-10-13(3)19-22-16/h7-10,15H,4-6H2,1-3H3,(H,18,21)/t15-/m0/s1. The Kier molecular flexibility index (Phi) is 3.88. The average molecular weight is 299 g/mol. The molecular formula is C17H21N3O2. The van der Waals surface area contributed by atoms with Gasteiger partial charge >= 0.3 is 6.03 Å². The molecule has 1 aromatic heterocycles. The molecule has 3 rings (SSSR count). The van der Waals surface area contributed by atoms with Crippen molar-refractivity contribution in [3.05, 3.63) is 46.8 Å². The van der Waals surface area contributed by atoms with E-state index in [0.29, 0.717) is 0 Å². The predicted molar refractivity (Wildman–Crippen MR) is 84.9 cm³/mol. The van der Waals surface area contributed by atoms with Crippen LogP contribution in [0.3, 0.4) is 0 Å². The number of urea groups is 1. The summed E-state index contributed by atoms with van der Waals surface area (Å²) in [4.78, 5) is 14.4. The molecule has 2 aromatic rings. The quantitative estimate of drug-likeness (QED) is 0.912. The lowest BCUT2D eigenvalue weighted by atomic mass is 10.1. The van der Waals surface area contributed by atoms with Crippen LogP contribution < -0.4 is 5.32 Å². The van der Waals surface area contributed by atoms with Gasteiger partial charge in [-0.1, -0.05) is 11.2 Å². The average Bonchev–Trinajstić information content (AvgIpc) is 3.05. The fraction of sp³-hybridized carbons (Fsp3) is 0.412. The largest absolute Gasteiger partial charge is 0.359 e. The Morgan fingerprint density at radius 1 is 1.23 bits per heavy atom. The zero-order valence-electron chi connectivity index (χ0n) is 13.2. The fourth-order valence-corrected chi connectivity index (χ4v) is 3.09. The van der Waals surface area contributed by atoms with E-state index in [0.717, 1.165) is 47.7 Å². The minimum atomic E-state index is -0.0819. The van der Waals surface area contributed by atoms with E-state index in [1.165, 1.54) is 0 Å². The SMILES string of the molecule is Cc1cc(C)cc(NC(=O)N2CCC[C@H]2c2cc(C)no2)c1. The Balaban J connectivity index is 1.76. The Morgan fingerprint density at radius 3 is 2.59 bits per heavy atom. The van der Waals surface area contributed by atoms with Crippen LogP contribution >= 0.6 is 0 Å². The molecule has 0 saturated carbocycles. The van der Waals surface area contributed by atoms with Gasteiger partial charge in [-0.25, -0.2) is 4.79 Å². The van der Waals surface area contributed by atoms with E-state index < -0.39 is 0 Å². The zero-order chi connectivity index (χ0) is 15.7. The molecule has 1 saturated heterocycles. The number of carbonyl (C=O) groups is 1. The molecule has 1 fully saturated rings. The monoisotopic (exact) mass is 299 g/mol. The second-order valence-electron chi connectivity index (χ2n) is 6.03. The van der Waals surface area contributed by atoms with Crippen LogP contribution in [0.1, 0.15) is 41.5 Å². The van der Waals surface area contributed by atoms with Crippen molar-refractivity contribution in [2.24, 2.45) is 0 Å². The summed E-state index contributed by atoms with van der Waals surface area (Å²) in [5, 5.41) is 6.93. The van der Waals surface area contributed by atoms with Crippen molar-refractivity contribution in [3.8, 4) is 0 Å². The Hall–Kier alpha value is -2.30. The molecular weight excluding hydrogens is 278 g/mol. The minimum Gasteiger partial charge on any atom is -0.359 e. The highest BCUT2D eigenvalue weighted by Crippen LogP contribution is 2.32. The summed E-state index contributed by atoms with van der Waals surface area (Å²) in [6.45, 7) is 6.68. The highest BCUT2D eigenvalue weighted by molar-refractivity contribution is 5.90. The van der Waals surface area contributed by atoms with E-state index in [2.05, 4.69) is 16.5 Å². The summed E-state index contributed by atoms with van der Waals surface area (Å²) in [5.41, 5.74) is 3.96. The van der Waals surface area contributed by atoms with Gasteiger partial charge in [-0.05, 0) is 56.9 Å². The van der Waals surface area contributed by atoms with Crippen molar-refractivity contribution >= 4 is 11.7 Å². The number of carbonyl (C=O) groups excluding carboxylic acids is 1. The summed E-state index contributed by atoms with van der Waals surface area (Å²) in [5.74, 6) is 0.769. The van der Waals surface area contributed by atoms with Crippen LogP contribution in [0.5, 0.6) is 0 Å². The van der Waals surface area contributed by atoms with Crippen molar-refractivity contribution in [2.75, 3.05) is 11.9 Å². The molecule has 22 heavy (non-hydrogen) atoms. The first-order valence-corrected chi connectivity index (χ1v) is 7.62. The topological polar surface area (TPSA) is 58.4 Å². The van der Waals surface area contributed by atoms with Gasteiger partial charge in [0.05, 0.1) is 11.7 Å². The summed E-state index contributed by atoms with van der Waals surface area (Å²) >= 11 is 0. The van der Waals surface area contributed by atoms with E-state index in [9.17, 15) is 4.79 Å². The molecule has 0 radical (unpaired) electrons. The Bertz CT molecular complexity index is 673. The Morgan fingerprint density at radius 2 is 1.95 bits per heavy atom. The van der Waals surface area contributed by atoms with Gasteiger partial charge in [-0.2, -0.15) is 0 Å². The molecule has 0 unspecified atom stereocenters. The van der Waals surface area contributed by atoms with Crippen LogP contribution in [0, 0.1) is 20.8 Å². The first-order chi connectivity index (χ1) is 10.5.